The van der Waals surface area contributed by atoms with Crippen molar-refractivity contribution in [3.05, 3.63) is 34.1 Å². The molecule has 0 fully saturated rings. The van der Waals surface area contributed by atoms with Gasteiger partial charge in [0.05, 0.1) is 5.56 Å². The van der Waals surface area contributed by atoms with Gasteiger partial charge in [0.25, 0.3) is 0 Å². The van der Waals surface area contributed by atoms with Gasteiger partial charge in [0, 0.05) is 11.1 Å². The van der Waals surface area contributed by atoms with Gasteiger partial charge in [-0.2, -0.15) is 0 Å². The van der Waals surface area contributed by atoms with Crippen molar-refractivity contribution in [2.45, 2.75) is 6.92 Å². The minimum atomic E-state index is -0.524. The molecule has 0 radical (unpaired) electrons. The second kappa shape index (κ2) is 5.22. The highest BCUT2D eigenvalue weighted by Gasteiger charge is 2.11. The lowest BCUT2D eigenvalue weighted by molar-refractivity contribution is 0.0779. The van der Waals surface area contributed by atoms with Gasteiger partial charge in [-0.25, -0.2) is 4.39 Å². The van der Waals surface area contributed by atoms with Crippen LogP contribution in [0.4, 0.5) is 4.39 Å². The Hall–Kier alpha value is -0.740. The molecule has 2 nitrogen and oxygen atoms in total. The summed E-state index contributed by atoms with van der Waals surface area (Å²) >= 11 is 3.12. The SMILES string of the molecule is CCOCC(=O)c1ccc(Br)cc1F. The Morgan fingerprint density at radius 2 is 2.29 bits per heavy atom. The molecule has 1 aromatic carbocycles. The highest BCUT2D eigenvalue weighted by atomic mass is 79.9. The monoisotopic (exact) mass is 260 g/mol. The molecule has 0 amide bonds. The molecule has 0 aliphatic rings. The minimum Gasteiger partial charge on any atom is -0.374 e. The zero-order chi connectivity index (χ0) is 10.6. The molecule has 1 rings (SSSR count). The third kappa shape index (κ3) is 2.89. The molecule has 0 saturated carbocycles. The molecule has 4 heteroatoms. The summed E-state index contributed by atoms with van der Waals surface area (Å²) in [7, 11) is 0. The van der Waals surface area contributed by atoms with Crippen molar-refractivity contribution in [2.75, 3.05) is 13.2 Å². The normalized spacial score (nSPS) is 10.2. The number of halogens is 2. The Morgan fingerprint density at radius 1 is 1.57 bits per heavy atom. The van der Waals surface area contributed by atoms with Crippen molar-refractivity contribution in [1.82, 2.24) is 0 Å². The van der Waals surface area contributed by atoms with Crippen molar-refractivity contribution in [1.29, 1.82) is 0 Å². The second-order valence-corrected chi connectivity index (χ2v) is 3.60. The topological polar surface area (TPSA) is 26.3 Å². The molecule has 0 unspecified atom stereocenters. The number of hydrogen-bond donors (Lipinski definition) is 0. The molecule has 0 bridgehead atoms. The number of rotatable bonds is 4. The van der Waals surface area contributed by atoms with Crippen molar-refractivity contribution in [3.63, 3.8) is 0 Å². The average Bonchev–Trinajstić information content (AvgIpc) is 2.14. The standard InChI is InChI=1S/C10H10BrFO2/c1-2-14-6-10(13)8-4-3-7(11)5-9(8)12/h3-5H,2,6H2,1H3. The van der Waals surface area contributed by atoms with Gasteiger partial charge in [0.2, 0.25) is 0 Å². The predicted molar refractivity (Wildman–Crippen MR) is 54.9 cm³/mol. The molecule has 0 atom stereocenters. The van der Waals surface area contributed by atoms with Crippen LogP contribution in [0.1, 0.15) is 17.3 Å². The third-order valence-corrected chi connectivity index (χ3v) is 2.16. The first kappa shape index (κ1) is 11.3. The van der Waals surface area contributed by atoms with Crippen molar-refractivity contribution >= 4 is 21.7 Å². The van der Waals surface area contributed by atoms with Crippen LogP contribution in [0.25, 0.3) is 0 Å². The summed E-state index contributed by atoms with van der Waals surface area (Å²) in [5, 5.41) is 0. The Bertz CT molecular complexity index is 339. The Balaban J connectivity index is 2.80. The van der Waals surface area contributed by atoms with Crippen LogP contribution in [0.2, 0.25) is 0 Å². The summed E-state index contributed by atoms with van der Waals surface area (Å²) in [6.45, 7) is 2.16. The van der Waals surface area contributed by atoms with E-state index in [2.05, 4.69) is 15.9 Å². The molecule has 0 N–H and O–H groups in total. The molecule has 0 heterocycles. The second-order valence-electron chi connectivity index (χ2n) is 2.68. The largest absolute Gasteiger partial charge is 0.374 e. The highest BCUT2D eigenvalue weighted by Crippen LogP contribution is 2.15. The van der Waals surface area contributed by atoms with Gasteiger partial charge in [-0.15, -0.1) is 0 Å². The van der Waals surface area contributed by atoms with Crippen LogP contribution in [-0.4, -0.2) is 19.0 Å². The molecule has 76 valence electrons. The molecule has 0 aromatic heterocycles. The molecular formula is C10H10BrFO2. The number of benzene rings is 1. The summed E-state index contributed by atoms with van der Waals surface area (Å²) in [5.74, 6) is -0.860. The van der Waals surface area contributed by atoms with Crippen LogP contribution in [0.3, 0.4) is 0 Å². The first-order chi connectivity index (χ1) is 6.65. The van der Waals surface area contributed by atoms with E-state index in [1.165, 1.54) is 12.1 Å². The summed E-state index contributed by atoms with van der Waals surface area (Å²) in [6.07, 6.45) is 0. The highest BCUT2D eigenvalue weighted by molar-refractivity contribution is 9.10. The van der Waals surface area contributed by atoms with Crippen molar-refractivity contribution < 1.29 is 13.9 Å². The van der Waals surface area contributed by atoms with Crippen LogP contribution < -0.4 is 0 Å². The van der Waals surface area contributed by atoms with Crippen LogP contribution >= 0.6 is 15.9 Å². The predicted octanol–water partition coefficient (Wildman–Crippen LogP) is 2.81. The molecule has 14 heavy (non-hydrogen) atoms. The van der Waals surface area contributed by atoms with Crippen LogP contribution in [0.15, 0.2) is 22.7 Å². The maximum absolute atomic E-state index is 13.2. The molecule has 0 saturated heterocycles. The van der Waals surface area contributed by atoms with E-state index < -0.39 is 5.82 Å². The summed E-state index contributed by atoms with van der Waals surface area (Å²) in [5.41, 5.74) is 0.0710. The fourth-order valence-corrected chi connectivity index (χ4v) is 1.32. The van der Waals surface area contributed by atoms with E-state index >= 15 is 0 Å². The Kier molecular flexibility index (Phi) is 4.22. The zero-order valence-corrected chi connectivity index (χ0v) is 9.30. The van der Waals surface area contributed by atoms with E-state index in [-0.39, 0.29) is 18.0 Å². The Labute approximate surface area is 90.2 Å². The number of Topliss-reactive ketones (excluding diaryl/α,β-unsaturated/α-hetero) is 1. The van der Waals surface area contributed by atoms with Gasteiger partial charge in [-0.05, 0) is 25.1 Å². The van der Waals surface area contributed by atoms with Gasteiger partial charge in [0.1, 0.15) is 12.4 Å². The van der Waals surface area contributed by atoms with Crippen LogP contribution in [0.5, 0.6) is 0 Å². The van der Waals surface area contributed by atoms with Crippen LogP contribution in [-0.2, 0) is 4.74 Å². The average molecular weight is 261 g/mol. The Morgan fingerprint density at radius 3 is 2.86 bits per heavy atom. The smallest absolute Gasteiger partial charge is 0.191 e. The quantitative estimate of drug-likeness (QED) is 0.779. The van der Waals surface area contributed by atoms with E-state index in [9.17, 15) is 9.18 Å². The van der Waals surface area contributed by atoms with Gasteiger partial charge < -0.3 is 4.74 Å². The lowest BCUT2D eigenvalue weighted by Gasteiger charge is -2.02. The summed E-state index contributed by atoms with van der Waals surface area (Å²) < 4.78 is 18.7. The number of ketones is 1. The number of carbonyl (C=O) groups excluding carboxylic acids is 1. The fourth-order valence-electron chi connectivity index (χ4n) is 0.988. The van der Waals surface area contributed by atoms with Gasteiger partial charge in [0.15, 0.2) is 5.78 Å². The van der Waals surface area contributed by atoms with Gasteiger partial charge >= 0.3 is 0 Å². The van der Waals surface area contributed by atoms with E-state index in [0.717, 1.165) is 0 Å². The maximum atomic E-state index is 13.2. The number of ether oxygens (including phenoxy) is 1. The third-order valence-electron chi connectivity index (χ3n) is 1.67. The fraction of sp³-hybridized carbons (Fsp3) is 0.300. The lowest BCUT2D eigenvalue weighted by Crippen LogP contribution is -2.10. The zero-order valence-electron chi connectivity index (χ0n) is 7.72. The first-order valence-electron chi connectivity index (χ1n) is 4.21. The van der Waals surface area contributed by atoms with Crippen molar-refractivity contribution in [3.8, 4) is 0 Å². The first-order valence-corrected chi connectivity index (χ1v) is 5.00. The van der Waals surface area contributed by atoms with E-state index in [0.29, 0.717) is 11.1 Å². The number of hydrogen-bond acceptors (Lipinski definition) is 2. The number of carbonyl (C=O) groups is 1. The molecule has 0 aliphatic heterocycles. The molecule has 0 aliphatic carbocycles. The summed E-state index contributed by atoms with van der Waals surface area (Å²) in [4.78, 5) is 11.4. The minimum absolute atomic E-state index is 0.0710. The molecule has 0 spiro atoms. The van der Waals surface area contributed by atoms with Gasteiger partial charge in [-0.3, -0.25) is 4.79 Å². The van der Waals surface area contributed by atoms with E-state index in [1.54, 1.807) is 13.0 Å². The van der Waals surface area contributed by atoms with Gasteiger partial charge in [-0.1, -0.05) is 15.9 Å². The lowest BCUT2D eigenvalue weighted by atomic mass is 10.1. The van der Waals surface area contributed by atoms with E-state index in [1.807, 2.05) is 0 Å². The molecular weight excluding hydrogens is 251 g/mol. The maximum Gasteiger partial charge on any atom is 0.191 e. The summed E-state index contributed by atoms with van der Waals surface area (Å²) in [6, 6.07) is 4.34. The van der Waals surface area contributed by atoms with Crippen molar-refractivity contribution in [2.24, 2.45) is 0 Å². The van der Waals surface area contributed by atoms with Crippen LogP contribution in [0, 0.1) is 5.82 Å². The molecule has 1 aromatic rings. The van der Waals surface area contributed by atoms with E-state index in [4.69, 9.17) is 4.74 Å².